The molecular formula is C23H25F3N4O. The smallest absolute Gasteiger partial charge is 0.413 e. The van der Waals surface area contributed by atoms with Gasteiger partial charge in [-0.05, 0) is 29.8 Å². The number of hydrogen-bond acceptors (Lipinski definition) is 5. The molecule has 1 fully saturated rings. The zero-order valence-electron chi connectivity index (χ0n) is 17.5. The number of aromatic nitrogens is 2. The van der Waals surface area contributed by atoms with Crippen molar-refractivity contribution in [2.45, 2.75) is 26.6 Å². The van der Waals surface area contributed by atoms with Crippen molar-refractivity contribution in [1.82, 2.24) is 15.5 Å². The number of nitrogens with one attached hydrogen (secondary N) is 1. The van der Waals surface area contributed by atoms with E-state index in [1.807, 2.05) is 56.3 Å². The number of rotatable bonds is 6. The van der Waals surface area contributed by atoms with Crippen LogP contribution in [0.1, 0.15) is 25.3 Å². The Balaban J connectivity index is 0.00000132. The van der Waals surface area contributed by atoms with E-state index in [-0.39, 0.29) is 5.89 Å². The monoisotopic (exact) mass is 430 g/mol. The minimum Gasteiger partial charge on any atom is -0.413 e. The van der Waals surface area contributed by atoms with Crippen LogP contribution in [0.5, 0.6) is 0 Å². The van der Waals surface area contributed by atoms with Crippen molar-refractivity contribution in [3.8, 4) is 11.5 Å². The van der Waals surface area contributed by atoms with Gasteiger partial charge in [-0.3, -0.25) is 0 Å². The summed E-state index contributed by atoms with van der Waals surface area (Å²) in [6.07, 6.45) is -4.65. The highest BCUT2D eigenvalue weighted by Crippen LogP contribution is 2.31. The highest BCUT2D eigenvalue weighted by atomic mass is 19.4. The van der Waals surface area contributed by atoms with Gasteiger partial charge in [0, 0.05) is 42.5 Å². The highest BCUT2D eigenvalue weighted by molar-refractivity contribution is 5.55. The molecular weight excluding hydrogens is 405 g/mol. The Bertz CT molecular complexity index is 980. The van der Waals surface area contributed by atoms with Crippen molar-refractivity contribution >= 4 is 5.69 Å². The average molecular weight is 430 g/mol. The van der Waals surface area contributed by atoms with Crippen LogP contribution in [0.2, 0.25) is 0 Å². The SMILES string of the molecule is C=C(C1CNC1)N(Cc1ccc(-c2nnc(C(F)(F)F)o2)cc1)c1ccccc1.CC. The summed E-state index contributed by atoms with van der Waals surface area (Å²) >= 11 is 0. The summed E-state index contributed by atoms with van der Waals surface area (Å²) in [4.78, 5) is 2.16. The number of hydrogen-bond donors (Lipinski definition) is 1. The Morgan fingerprint density at radius 1 is 1.06 bits per heavy atom. The van der Waals surface area contributed by atoms with Gasteiger partial charge in [-0.25, -0.2) is 0 Å². The van der Waals surface area contributed by atoms with Gasteiger partial charge in [0.15, 0.2) is 0 Å². The maximum Gasteiger partial charge on any atom is 0.470 e. The van der Waals surface area contributed by atoms with Gasteiger partial charge in [-0.2, -0.15) is 13.2 Å². The Hall–Kier alpha value is -3.13. The Kier molecular flexibility index (Phi) is 7.12. The van der Waals surface area contributed by atoms with Gasteiger partial charge in [-0.1, -0.05) is 50.8 Å². The number of anilines is 1. The lowest BCUT2D eigenvalue weighted by Crippen LogP contribution is -2.46. The third-order valence-corrected chi connectivity index (χ3v) is 4.88. The first-order chi connectivity index (χ1) is 14.9. The summed E-state index contributed by atoms with van der Waals surface area (Å²) < 4.78 is 42.7. The van der Waals surface area contributed by atoms with E-state index < -0.39 is 12.1 Å². The summed E-state index contributed by atoms with van der Waals surface area (Å²) in [6, 6.07) is 17.0. The molecule has 8 heteroatoms. The molecule has 0 amide bonds. The van der Waals surface area contributed by atoms with Crippen LogP contribution in [0, 0.1) is 5.92 Å². The van der Waals surface area contributed by atoms with Gasteiger partial charge in [0.2, 0.25) is 5.89 Å². The molecule has 0 bridgehead atoms. The summed E-state index contributed by atoms with van der Waals surface area (Å²) in [7, 11) is 0. The van der Waals surface area contributed by atoms with Gasteiger partial charge in [0.1, 0.15) is 0 Å². The minimum absolute atomic E-state index is 0.159. The van der Waals surface area contributed by atoms with Gasteiger partial charge in [0.25, 0.3) is 0 Å². The fourth-order valence-electron chi connectivity index (χ4n) is 3.10. The third kappa shape index (κ3) is 5.32. The van der Waals surface area contributed by atoms with Crippen molar-refractivity contribution in [3.63, 3.8) is 0 Å². The second-order valence-electron chi connectivity index (χ2n) is 6.88. The van der Waals surface area contributed by atoms with E-state index in [9.17, 15) is 13.2 Å². The zero-order valence-corrected chi connectivity index (χ0v) is 17.5. The first-order valence-corrected chi connectivity index (χ1v) is 10.1. The van der Waals surface area contributed by atoms with Gasteiger partial charge in [0.05, 0.1) is 0 Å². The number of halogens is 3. The largest absolute Gasteiger partial charge is 0.470 e. The summed E-state index contributed by atoms with van der Waals surface area (Å²) in [5.41, 5.74) is 3.50. The molecule has 5 nitrogen and oxygen atoms in total. The second kappa shape index (κ2) is 9.78. The molecule has 0 saturated carbocycles. The van der Waals surface area contributed by atoms with Crippen LogP contribution in [0.3, 0.4) is 0 Å². The first-order valence-electron chi connectivity index (χ1n) is 10.1. The predicted molar refractivity (Wildman–Crippen MR) is 114 cm³/mol. The van der Waals surface area contributed by atoms with Crippen molar-refractivity contribution < 1.29 is 17.6 Å². The quantitative estimate of drug-likeness (QED) is 0.558. The Morgan fingerprint density at radius 3 is 2.23 bits per heavy atom. The van der Waals surface area contributed by atoms with Gasteiger partial charge >= 0.3 is 12.1 Å². The molecule has 2 heterocycles. The van der Waals surface area contributed by atoms with E-state index in [4.69, 9.17) is 4.42 Å². The van der Waals surface area contributed by atoms with Crippen LogP contribution < -0.4 is 10.2 Å². The summed E-state index contributed by atoms with van der Waals surface area (Å²) in [5, 5.41) is 9.82. The number of alkyl halides is 3. The summed E-state index contributed by atoms with van der Waals surface area (Å²) in [6.45, 7) is 10.7. The summed E-state index contributed by atoms with van der Waals surface area (Å²) in [5.74, 6) is -1.13. The number of benzene rings is 2. The van der Waals surface area contributed by atoms with Crippen molar-refractivity contribution in [2.75, 3.05) is 18.0 Å². The van der Waals surface area contributed by atoms with Gasteiger partial charge in [-0.15, -0.1) is 10.2 Å². The lowest BCUT2D eigenvalue weighted by molar-refractivity contribution is -0.156. The van der Waals surface area contributed by atoms with Crippen molar-refractivity contribution in [3.05, 3.63) is 78.3 Å². The molecule has 0 radical (unpaired) electrons. The van der Waals surface area contributed by atoms with E-state index in [0.717, 1.165) is 30.0 Å². The highest BCUT2D eigenvalue weighted by Gasteiger charge is 2.38. The third-order valence-electron chi connectivity index (χ3n) is 4.88. The van der Waals surface area contributed by atoms with E-state index >= 15 is 0 Å². The molecule has 0 atom stereocenters. The molecule has 0 spiro atoms. The molecule has 2 aromatic carbocycles. The molecule has 0 unspecified atom stereocenters. The number of nitrogens with zero attached hydrogens (tertiary/aromatic N) is 3. The second-order valence-corrected chi connectivity index (χ2v) is 6.88. The van der Waals surface area contributed by atoms with E-state index in [1.54, 1.807) is 12.1 Å². The average Bonchev–Trinajstić information content (AvgIpc) is 3.24. The zero-order chi connectivity index (χ0) is 22.4. The van der Waals surface area contributed by atoms with Crippen LogP contribution in [-0.2, 0) is 12.7 Å². The van der Waals surface area contributed by atoms with Crippen LogP contribution in [0.4, 0.5) is 18.9 Å². The molecule has 1 aliphatic rings. The minimum atomic E-state index is -4.65. The first kappa shape index (κ1) is 22.6. The van der Waals surface area contributed by atoms with Crippen LogP contribution >= 0.6 is 0 Å². The normalized spacial score (nSPS) is 13.7. The van der Waals surface area contributed by atoms with Crippen LogP contribution in [0.25, 0.3) is 11.5 Å². The maximum atomic E-state index is 12.6. The molecule has 1 aliphatic heterocycles. The standard InChI is InChI=1S/C21H19F3N4O.C2H6/c1-14(17-11-25-12-17)28(18-5-3-2-4-6-18)13-15-7-9-16(10-8-15)19-26-27-20(29-19)21(22,23)24;1-2/h2-10,17,25H,1,11-13H2;1-2H3. The predicted octanol–water partition coefficient (Wildman–Crippen LogP) is 5.52. The topological polar surface area (TPSA) is 54.2 Å². The number of para-hydroxylation sites is 1. The lowest BCUT2D eigenvalue weighted by atomic mass is 9.98. The fraction of sp³-hybridized carbons (Fsp3) is 0.304. The molecule has 1 saturated heterocycles. The van der Waals surface area contributed by atoms with Gasteiger partial charge < -0.3 is 14.6 Å². The fourth-order valence-corrected chi connectivity index (χ4v) is 3.10. The molecule has 0 aliphatic carbocycles. The van der Waals surface area contributed by atoms with E-state index in [1.165, 1.54) is 0 Å². The molecule has 3 aromatic rings. The van der Waals surface area contributed by atoms with E-state index in [0.29, 0.717) is 18.0 Å². The molecule has 1 aromatic heterocycles. The lowest BCUT2D eigenvalue weighted by Gasteiger charge is -2.37. The van der Waals surface area contributed by atoms with Crippen LogP contribution in [-0.4, -0.2) is 23.3 Å². The maximum absolute atomic E-state index is 12.6. The Labute approximate surface area is 179 Å². The Morgan fingerprint density at radius 2 is 1.71 bits per heavy atom. The van der Waals surface area contributed by atoms with Crippen molar-refractivity contribution in [1.29, 1.82) is 0 Å². The van der Waals surface area contributed by atoms with Crippen LogP contribution in [0.15, 0.2) is 71.3 Å². The van der Waals surface area contributed by atoms with E-state index in [2.05, 4.69) is 27.0 Å². The molecule has 31 heavy (non-hydrogen) atoms. The molecule has 164 valence electrons. The molecule has 1 N–H and O–H groups in total. The van der Waals surface area contributed by atoms with Crippen molar-refractivity contribution in [2.24, 2.45) is 5.92 Å². The molecule has 4 rings (SSSR count).